The van der Waals surface area contributed by atoms with Crippen LogP contribution in [0.25, 0.3) is 0 Å². The van der Waals surface area contributed by atoms with Crippen LogP contribution in [-0.2, 0) is 4.79 Å². The van der Waals surface area contributed by atoms with Gasteiger partial charge in [0, 0.05) is 13.6 Å². The van der Waals surface area contributed by atoms with E-state index in [9.17, 15) is 4.79 Å². The molecule has 1 atom stereocenters. The van der Waals surface area contributed by atoms with Crippen LogP contribution in [0.1, 0.15) is 26.7 Å². The quantitative estimate of drug-likeness (QED) is 0.272. The third-order valence-electron chi connectivity index (χ3n) is 1.60. The lowest BCUT2D eigenvalue weighted by molar-refractivity contribution is -0.119. The zero-order valence-corrected chi connectivity index (χ0v) is 9.79. The van der Waals surface area contributed by atoms with E-state index >= 15 is 0 Å². The first-order chi connectivity index (χ1) is 7.07. The van der Waals surface area contributed by atoms with Crippen LogP contribution in [0.3, 0.4) is 0 Å². The van der Waals surface area contributed by atoms with Crippen molar-refractivity contribution in [3.05, 3.63) is 0 Å². The highest BCUT2D eigenvalue weighted by Gasteiger charge is 2.07. The Morgan fingerprint density at radius 3 is 2.33 bits per heavy atom. The van der Waals surface area contributed by atoms with Crippen molar-refractivity contribution >= 4 is 11.9 Å². The molecule has 0 fully saturated rings. The van der Waals surface area contributed by atoms with Gasteiger partial charge in [-0.05, 0) is 12.8 Å². The predicted octanol–water partition coefficient (Wildman–Crippen LogP) is -0.860. The number of amides is 1. The Kier molecular flexibility index (Phi) is 11.6. The molecule has 0 aromatic rings. The van der Waals surface area contributed by atoms with Crippen molar-refractivity contribution in [1.82, 2.24) is 5.32 Å². The Labute approximate surface area is 91.3 Å². The average Bonchev–Trinajstić information content (AvgIpc) is 2.26. The lowest BCUT2D eigenvalue weighted by Gasteiger charge is -2.07. The van der Waals surface area contributed by atoms with Gasteiger partial charge in [-0.1, -0.05) is 13.8 Å². The molecule has 0 aliphatic carbocycles. The predicted molar refractivity (Wildman–Crippen MR) is 63.3 cm³/mol. The minimum Gasteiger partial charge on any atom is -0.370 e. The van der Waals surface area contributed by atoms with E-state index in [1.165, 1.54) is 0 Å². The lowest BCUT2D eigenvalue weighted by atomic mass is 10.1. The molecule has 0 aliphatic rings. The highest BCUT2D eigenvalue weighted by molar-refractivity contribution is 5.79. The van der Waals surface area contributed by atoms with Crippen molar-refractivity contribution in [2.24, 2.45) is 22.2 Å². The molecule has 0 saturated heterocycles. The highest BCUT2D eigenvalue weighted by Crippen LogP contribution is 1.91. The Balaban J connectivity index is 0. The second-order valence-corrected chi connectivity index (χ2v) is 2.69. The molecular formula is C9H23N5O. The minimum atomic E-state index is -0.568. The molecular weight excluding hydrogens is 194 g/mol. The van der Waals surface area contributed by atoms with Crippen LogP contribution in [0.4, 0.5) is 0 Å². The van der Waals surface area contributed by atoms with E-state index in [-0.39, 0.29) is 0 Å². The summed E-state index contributed by atoms with van der Waals surface area (Å²) in [5.74, 6) is -0.0928. The van der Waals surface area contributed by atoms with Crippen LogP contribution in [0, 0.1) is 0 Å². The maximum absolute atomic E-state index is 10.5. The Morgan fingerprint density at radius 2 is 1.93 bits per heavy atom. The highest BCUT2D eigenvalue weighted by atomic mass is 16.1. The van der Waals surface area contributed by atoms with Crippen molar-refractivity contribution < 1.29 is 4.79 Å². The number of hydrogen-bond donors (Lipinski definition) is 4. The van der Waals surface area contributed by atoms with Gasteiger partial charge in [0.2, 0.25) is 5.91 Å². The van der Waals surface area contributed by atoms with Crippen LogP contribution in [0.15, 0.2) is 4.99 Å². The molecule has 0 heterocycles. The Bertz CT molecular complexity index is 193. The van der Waals surface area contributed by atoms with Gasteiger partial charge in [-0.25, -0.2) is 0 Å². The molecule has 0 aliphatic heterocycles. The molecule has 0 radical (unpaired) electrons. The minimum absolute atomic E-state index is 0.382. The summed E-state index contributed by atoms with van der Waals surface area (Å²) in [6.45, 7) is 4.64. The van der Waals surface area contributed by atoms with Crippen molar-refractivity contribution in [3.63, 3.8) is 0 Å². The fourth-order valence-corrected chi connectivity index (χ4v) is 0.760. The number of primary amides is 1. The summed E-state index contributed by atoms with van der Waals surface area (Å²) in [6, 6.07) is -0.568. The summed E-state index contributed by atoms with van der Waals surface area (Å²) < 4.78 is 0. The number of nitrogens with zero attached hydrogens (tertiary/aromatic N) is 1. The van der Waals surface area contributed by atoms with E-state index in [4.69, 9.17) is 17.2 Å². The number of carbonyl (C=O) groups excluding carboxylic acids is 1. The number of rotatable bonds is 5. The number of nitrogens with one attached hydrogen (secondary N) is 1. The first kappa shape index (κ1) is 16.1. The van der Waals surface area contributed by atoms with E-state index in [2.05, 4.69) is 10.3 Å². The fraction of sp³-hybridized carbons (Fsp3) is 0.778. The summed E-state index contributed by atoms with van der Waals surface area (Å²) in [4.78, 5) is 14.2. The van der Waals surface area contributed by atoms with Crippen molar-refractivity contribution in [1.29, 1.82) is 0 Å². The number of aliphatic imine (C=N–C) groups is 1. The fourth-order valence-electron chi connectivity index (χ4n) is 0.760. The number of guanidine groups is 1. The van der Waals surface area contributed by atoms with Gasteiger partial charge in [0.1, 0.15) is 0 Å². The Morgan fingerprint density at radius 1 is 1.40 bits per heavy atom. The first-order valence-electron chi connectivity index (χ1n) is 5.09. The normalized spacial score (nSPS) is 12.4. The third kappa shape index (κ3) is 10.6. The van der Waals surface area contributed by atoms with Crippen molar-refractivity contribution in [3.8, 4) is 0 Å². The lowest BCUT2D eigenvalue weighted by Crippen LogP contribution is -2.38. The molecule has 1 unspecified atom stereocenters. The van der Waals surface area contributed by atoms with Gasteiger partial charge in [0.25, 0.3) is 0 Å². The molecule has 0 aromatic heterocycles. The van der Waals surface area contributed by atoms with Crippen LogP contribution in [0.5, 0.6) is 0 Å². The van der Waals surface area contributed by atoms with Crippen LogP contribution in [-0.4, -0.2) is 31.5 Å². The van der Waals surface area contributed by atoms with E-state index in [1.54, 1.807) is 7.05 Å². The summed E-state index contributed by atoms with van der Waals surface area (Å²) >= 11 is 0. The smallest absolute Gasteiger partial charge is 0.234 e. The first-order valence-corrected chi connectivity index (χ1v) is 5.09. The van der Waals surface area contributed by atoms with E-state index < -0.39 is 11.9 Å². The number of carbonyl (C=O) groups is 1. The van der Waals surface area contributed by atoms with Gasteiger partial charge in [-0.3, -0.25) is 9.79 Å². The topological polar surface area (TPSA) is 120 Å². The monoisotopic (exact) mass is 217 g/mol. The van der Waals surface area contributed by atoms with Gasteiger partial charge < -0.3 is 22.5 Å². The molecule has 6 heteroatoms. The molecule has 6 nitrogen and oxygen atoms in total. The summed E-state index contributed by atoms with van der Waals surface area (Å²) in [7, 11) is 1.59. The van der Waals surface area contributed by atoms with Crippen LogP contribution in [0.2, 0.25) is 0 Å². The Hall–Kier alpha value is -1.30. The maximum atomic E-state index is 10.5. The summed E-state index contributed by atoms with van der Waals surface area (Å²) in [5.41, 5.74) is 15.7. The van der Waals surface area contributed by atoms with E-state index in [0.29, 0.717) is 18.9 Å². The second kappa shape index (κ2) is 10.8. The van der Waals surface area contributed by atoms with E-state index in [0.717, 1.165) is 6.42 Å². The second-order valence-electron chi connectivity index (χ2n) is 2.69. The van der Waals surface area contributed by atoms with Crippen molar-refractivity contribution in [2.45, 2.75) is 32.7 Å². The van der Waals surface area contributed by atoms with Crippen LogP contribution >= 0.6 is 0 Å². The number of nitrogens with two attached hydrogens (primary N) is 3. The van der Waals surface area contributed by atoms with Crippen molar-refractivity contribution in [2.75, 3.05) is 13.6 Å². The van der Waals surface area contributed by atoms with E-state index in [1.807, 2.05) is 13.8 Å². The zero-order valence-electron chi connectivity index (χ0n) is 9.79. The number of hydrogen-bond acceptors (Lipinski definition) is 3. The van der Waals surface area contributed by atoms with Crippen LogP contribution < -0.4 is 22.5 Å². The van der Waals surface area contributed by atoms with Gasteiger partial charge in [-0.2, -0.15) is 0 Å². The molecule has 0 saturated carbocycles. The summed E-state index contributed by atoms with van der Waals surface area (Å²) in [5, 5.41) is 2.85. The SMILES string of the molecule is CC.CN=C(N)NCCCC(N)C(N)=O. The van der Waals surface area contributed by atoms with Gasteiger partial charge >= 0.3 is 0 Å². The molecule has 0 aromatic carbocycles. The molecule has 0 bridgehead atoms. The molecule has 0 rings (SSSR count). The third-order valence-corrected chi connectivity index (χ3v) is 1.60. The average molecular weight is 217 g/mol. The molecule has 0 spiro atoms. The maximum Gasteiger partial charge on any atom is 0.234 e. The molecule has 15 heavy (non-hydrogen) atoms. The molecule has 1 amide bonds. The molecule has 7 N–H and O–H groups in total. The standard InChI is InChI=1S/C7H17N5O.C2H6/c1-11-7(10)12-4-2-3-5(8)6(9)13;1-2/h5H,2-4,8H2,1H3,(H2,9,13)(H3,10,11,12);1-2H3. The van der Waals surface area contributed by atoms with Gasteiger partial charge in [0.15, 0.2) is 5.96 Å². The van der Waals surface area contributed by atoms with Gasteiger partial charge in [0.05, 0.1) is 6.04 Å². The zero-order chi connectivity index (χ0) is 12.3. The molecule has 90 valence electrons. The van der Waals surface area contributed by atoms with Gasteiger partial charge in [-0.15, -0.1) is 0 Å². The summed E-state index contributed by atoms with van der Waals surface area (Å²) in [6.07, 6.45) is 1.29. The largest absolute Gasteiger partial charge is 0.370 e.